The molecular weight excluding hydrogens is 192 g/mol. The van der Waals surface area contributed by atoms with E-state index in [0.29, 0.717) is 5.82 Å². The van der Waals surface area contributed by atoms with Crippen molar-refractivity contribution in [2.45, 2.75) is 6.43 Å². The highest BCUT2D eigenvalue weighted by Gasteiger charge is 2.15. The third-order valence-electron chi connectivity index (χ3n) is 1.73. The highest BCUT2D eigenvalue weighted by molar-refractivity contribution is 5.42. The molecule has 74 valence electrons. The quantitative estimate of drug-likeness (QED) is 0.789. The first kappa shape index (κ1) is 8.79. The highest BCUT2D eigenvalue weighted by Crippen LogP contribution is 2.17. The normalized spacial score (nSPS) is 11.1. The number of nitrogens with one attached hydrogen (secondary N) is 1. The number of hydrogen-bond donors (Lipinski definition) is 1. The summed E-state index contributed by atoms with van der Waals surface area (Å²) in [5.41, 5.74) is 0. The predicted octanol–water partition coefficient (Wildman–Crippen LogP) is 1.14. The molecule has 0 spiro atoms. The Morgan fingerprint density at radius 3 is 2.79 bits per heavy atom. The molecule has 0 radical (unpaired) electrons. The van der Waals surface area contributed by atoms with Gasteiger partial charge in [-0.25, -0.2) is 18.7 Å². The van der Waals surface area contributed by atoms with Gasteiger partial charge in [-0.2, -0.15) is 0 Å². The monoisotopic (exact) mass is 199 g/mol. The zero-order chi connectivity index (χ0) is 10.1. The fourth-order valence-electron chi connectivity index (χ4n) is 1.05. The van der Waals surface area contributed by atoms with Gasteiger partial charge in [0.15, 0.2) is 11.6 Å². The molecule has 2 rings (SSSR count). The lowest BCUT2D eigenvalue weighted by Gasteiger charge is -1.93. The number of hydrogen-bond acceptors (Lipinski definition) is 3. The van der Waals surface area contributed by atoms with E-state index in [2.05, 4.69) is 20.2 Å². The molecule has 0 aromatic carbocycles. The molecule has 0 unspecified atom stereocenters. The molecule has 0 aliphatic rings. The number of nitrogens with zero attached hydrogens (tertiary/aromatic N) is 4. The summed E-state index contributed by atoms with van der Waals surface area (Å²) in [5, 5.41) is 5.80. The maximum absolute atomic E-state index is 12.2. The second-order valence-electron chi connectivity index (χ2n) is 2.71. The van der Waals surface area contributed by atoms with E-state index < -0.39 is 12.2 Å². The smallest absolute Gasteiger partial charge is 0.296 e. The number of alkyl halides is 2. The third kappa shape index (κ3) is 1.36. The van der Waals surface area contributed by atoms with Gasteiger partial charge in [0.25, 0.3) is 6.43 Å². The number of rotatable bonds is 2. The zero-order valence-corrected chi connectivity index (χ0v) is 7.28. The average molecular weight is 199 g/mol. The first-order valence-electron chi connectivity index (χ1n) is 3.86. The van der Waals surface area contributed by atoms with Gasteiger partial charge in [-0.1, -0.05) is 0 Å². The van der Waals surface area contributed by atoms with E-state index in [4.69, 9.17) is 0 Å². The van der Waals surface area contributed by atoms with Crippen molar-refractivity contribution >= 4 is 0 Å². The molecule has 2 aromatic heterocycles. The van der Waals surface area contributed by atoms with Gasteiger partial charge in [0.1, 0.15) is 0 Å². The molecule has 0 atom stereocenters. The van der Waals surface area contributed by atoms with Crippen LogP contribution in [0.4, 0.5) is 8.78 Å². The number of H-pyrrole nitrogens is 1. The van der Waals surface area contributed by atoms with Crippen LogP contribution in [0.3, 0.4) is 0 Å². The van der Waals surface area contributed by atoms with E-state index in [1.165, 1.54) is 0 Å². The number of halogens is 2. The van der Waals surface area contributed by atoms with E-state index in [9.17, 15) is 8.78 Å². The molecule has 2 heterocycles. The largest absolute Gasteiger partial charge is 0.331 e. The van der Waals surface area contributed by atoms with Crippen molar-refractivity contribution in [2.75, 3.05) is 0 Å². The molecule has 2 aromatic rings. The molecule has 0 fully saturated rings. The van der Waals surface area contributed by atoms with E-state index in [1.54, 1.807) is 24.0 Å². The first-order chi connectivity index (χ1) is 6.68. The number of aromatic amines is 1. The lowest BCUT2D eigenvalue weighted by atomic mass is 10.5. The Morgan fingerprint density at radius 1 is 1.50 bits per heavy atom. The number of aryl methyl sites for hydroxylation is 1. The van der Waals surface area contributed by atoms with Gasteiger partial charge in [-0.3, -0.25) is 5.10 Å². The molecule has 0 saturated carbocycles. The fraction of sp³-hybridized carbons (Fsp3) is 0.286. The van der Waals surface area contributed by atoms with Crippen LogP contribution in [0.25, 0.3) is 11.6 Å². The van der Waals surface area contributed by atoms with Crippen LogP contribution in [0.15, 0.2) is 12.4 Å². The summed E-state index contributed by atoms with van der Waals surface area (Å²) in [6.07, 6.45) is 0.595. The highest BCUT2D eigenvalue weighted by atomic mass is 19.3. The lowest BCUT2D eigenvalue weighted by Crippen LogP contribution is -1.93. The van der Waals surface area contributed by atoms with Gasteiger partial charge in [-0.05, 0) is 0 Å². The molecule has 0 aliphatic heterocycles. The van der Waals surface area contributed by atoms with Gasteiger partial charge in [0, 0.05) is 19.4 Å². The van der Waals surface area contributed by atoms with Crippen LogP contribution in [0.5, 0.6) is 0 Å². The topological polar surface area (TPSA) is 59.4 Å². The zero-order valence-electron chi connectivity index (χ0n) is 7.28. The molecule has 0 amide bonds. The summed E-state index contributed by atoms with van der Waals surface area (Å²) in [6.45, 7) is 0. The van der Waals surface area contributed by atoms with E-state index >= 15 is 0 Å². The van der Waals surface area contributed by atoms with Crippen LogP contribution < -0.4 is 0 Å². The minimum atomic E-state index is -2.64. The van der Waals surface area contributed by atoms with Gasteiger partial charge in [-0.15, -0.1) is 5.10 Å². The van der Waals surface area contributed by atoms with Crippen molar-refractivity contribution in [2.24, 2.45) is 7.05 Å². The number of aromatic nitrogens is 5. The first-order valence-corrected chi connectivity index (χ1v) is 3.86. The second kappa shape index (κ2) is 3.17. The van der Waals surface area contributed by atoms with E-state index in [1.807, 2.05) is 0 Å². The van der Waals surface area contributed by atoms with E-state index in [0.717, 1.165) is 0 Å². The summed E-state index contributed by atoms with van der Waals surface area (Å²) in [6, 6.07) is 0. The van der Waals surface area contributed by atoms with Crippen LogP contribution in [0, 0.1) is 0 Å². The Kier molecular flexibility index (Phi) is 1.99. The third-order valence-corrected chi connectivity index (χ3v) is 1.73. The standard InChI is InChI=1S/C7H7F2N5/c1-14-3-2-10-7(14)6-11-5(4(8)9)12-13-6/h2-4H,1H3,(H,11,12,13). The van der Waals surface area contributed by atoms with Crippen molar-refractivity contribution in [3.05, 3.63) is 18.2 Å². The minimum Gasteiger partial charge on any atom is -0.331 e. The van der Waals surface area contributed by atoms with Crippen molar-refractivity contribution < 1.29 is 8.78 Å². The Balaban J connectivity index is 2.39. The SMILES string of the molecule is Cn1ccnc1-c1n[nH]c(C(F)F)n1. The van der Waals surface area contributed by atoms with Crippen LogP contribution in [0.2, 0.25) is 0 Å². The Labute approximate surface area is 77.8 Å². The molecule has 1 N–H and O–H groups in total. The molecule has 0 aliphatic carbocycles. The van der Waals surface area contributed by atoms with Crippen LogP contribution in [-0.2, 0) is 7.05 Å². The van der Waals surface area contributed by atoms with Gasteiger partial charge < -0.3 is 4.57 Å². The maximum atomic E-state index is 12.2. The Bertz CT molecular complexity index is 433. The Hall–Kier alpha value is -1.79. The maximum Gasteiger partial charge on any atom is 0.296 e. The lowest BCUT2D eigenvalue weighted by molar-refractivity contribution is 0.141. The van der Waals surface area contributed by atoms with Gasteiger partial charge in [0.2, 0.25) is 5.82 Å². The molecule has 7 heteroatoms. The van der Waals surface area contributed by atoms with Gasteiger partial charge in [0.05, 0.1) is 0 Å². The second-order valence-corrected chi connectivity index (χ2v) is 2.71. The Morgan fingerprint density at radius 2 is 2.29 bits per heavy atom. The summed E-state index contributed by atoms with van der Waals surface area (Å²) in [7, 11) is 1.74. The fourth-order valence-corrected chi connectivity index (χ4v) is 1.05. The average Bonchev–Trinajstić information content (AvgIpc) is 2.71. The summed E-state index contributed by atoms with van der Waals surface area (Å²) >= 11 is 0. The van der Waals surface area contributed by atoms with Gasteiger partial charge >= 0.3 is 0 Å². The van der Waals surface area contributed by atoms with Crippen molar-refractivity contribution in [3.63, 3.8) is 0 Å². The molecule has 0 saturated heterocycles. The van der Waals surface area contributed by atoms with Crippen LogP contribution in [-0.4, -0.2) is 24.7 Å². The predicted molar refractivity (Wildman–Crippen MR) is 43.5 cm³/mol. The number of imidazole rings is 1. The molecular formula is C7H7F2N5. The summed E-state index contributed by atoms with van der Waals surface area (Å²) in [4.78, 5) is 7.54. The molecule has 5 nitrogen and oxygen atoms in total. The van der Waals surface area contributed by atoms with Crippen molar-refractivity contribution in [1.82, 2.24) is 24.7 Å². The van der Waals surface area contributed by atoms with Crippen LogP contribution in [0.1, 0.15) is 12.2 Å². The van der Waals surface area contributed by atoms with Crippen LogP contribution >= 0.6 is 0 Å². The van der Waals surface area contributed by atoms with Crippen molar-refractivity contribution in [3.8, 4) is 11.6 Å². The minimum absolute atomic E-state index is 0.174. The molecule has 14 heavy (non-hydrogen) atoms. The van der Waals surface area contributed by atoms with Crippen molar-refractivity contribution in [1.29, 1.82) is 0 Å². The summed E-state index contributed by atoms with van der Waals surface area (Å²) in [5.74, 6) is 0.184. The summed E-state index contributed by atoms with van der Waals surface area (Å²) < 4.78 is 26.0. The molecule has 0 bridgehead atoms. The van der Waals surface area contributed by atoms with E-state index in [-0.39, 0.29) is 5.82 Å².